The van der Waals surface area contributed by atoms with Crippen molar-refractivity contribution >= 4 is 45.8 Å². The largest absolute Gasteiger partial charge is 0.384 e. The third-order valence-electron chi connectivity index (χ3n) is 5.94. The van der Waals surface area contributed by atoms with E-state index in [2.05, 4.69) is 40.5 Å². The lowest BCUT2D eigenvalue weighted by Crippen LogP contribution is -2.52. The average Bonchev–Trinajstić information content (AvgIpc) is 2.96. The Morgan fingerprint density at radius 1 is 1.20 bits per heavy atom. The zero-order chi connectivity index (χ0) is 20.6. The van der Waals surface area contributed by atoms with Gasteiger partial charge in [0.15, 0.2) is 0 Å². The molecule has 0 aliphatic carbocycles. The predicted molar refractivity (Wildman–Crippen MR) is 126 cm³/mol. The molecular weight excluding hydrogens is 416 g/mol. The minimum Gasteiger partial charge on any atom is -0.384 e. The van der Waals surface area contributed by atoms with E-state index in [4.69, 9.17) is 27.1 Å². The number of nitrogens with zero attached hydrogens (tertiary/aromatic N) is 2. The maximum absolute atomic E-state index is 6.30. The Balaban J connectivity index is 1.50. The van der Waals surface area contributed by atoms with Crippen LogP contribution in [-0.4, -0.2) is 43.6 Å². The highest BCUT2D eigenvalue weighted by molar-refractivity contribution is 7.99. The number of anilines is 2. The molecule has 5 rings (SSSR count). The van der Waals surface area contributed by atoms with Gasteiger partial charge in [0.2, 0.25) is 0 Å². The van der Waals surface area contributed by atoms with Crippen LogP contribution in [0.5, 0.6) is 0 Å². The minimum absolute atomic E-state index is 0.00646. The number of fused-ring (bicyclic) bond motifs is 2. The fraction of sp³-hybridized carbons (Fsp3) is 0.348. The summed E-state index contributed by atoms with van der Waals surface area (Å²) in [6.45, 7) is 4.59. The van der Waals surface area contributed by atoms with Crippen LogP contribution in [0.3, 0.4) is 0 Å². The van der Waals surface area contributed by atoms with Crippen LogP contribution in [0, 0.1) is 5.41 Å². The Bertz CT molecular complexity index is 1070. The second-order valence-electron chi connectivity index (χ2n) is 8.12. The van der Waals surface area contributed by atoms with Crippen molar-refractivity contribution in [2.75, 3.05) is 48.8 Å². The zero-order valence-electron chi connectivity index (χ0n) is 16.7. The summed E-state index contributed by atoms with van der Waals surface area (Å²) in [5.41, 5.74) is 9.35. The van der Waals surface area contributed by atoms with E-state index in [-0.39, 0.29) is 5.41 Å². The van der Waals surface area contributed by atoms with Gasteiger partial charge in [-0.2, -0.15) is 0 Å². The summed E-state index contributed by atoms with van der Waals surface area (Å²) in [6, 6.07) is 16.7. The molecule has 7 heteroatoms. The van der Waals surface area contributed by atoms with E-state index in [1.165, 1.54) is 10.5 Å². The molecule has 5 nitrogen and oxygen atoms in total. The number of hydrogen-bond acceptors (Lipinski definition) is 6. The highest BCUT2D eigenvalue weighted by Crippen LogP contribution is 2.34. The van der Waals surface area contributed by atoms with E-state index in [0.29, 0.717) is 24.8 Å². The summed E-state index contributed by atoms with van der Waals surface area (Å²) < 4.78 is 5.43. The molecule has 3 N–H and O–H groups in total. The molecule has 2 aliphatic heterocycles. The van der Waals surface area contributed by atoms with Crippen molar-refractivity contribution in [2.24, 2.45) is 11.1 Å². The average molecular weight is 441 g/mol. The number of nitrogens with one attached hydrogen (secondary N) is 1. The number of nitrogens with two attached hydrogens (primary N) is 1. The van der Waals surface area contributed by atoms with Crippen molar-refractivity contribution in [1.29, 1.82) is 0 Å². The van der Waals surface area contributed by atoms with E-state index in [1.807, 2.05) is 30.0 Å². The van der Waals surface area contributed by atoms with Crippen molar-refractivity contribution in [3.63, 3.8) is 0 Å². The molecule has 1 aromatic heterocycles. The summed E-state index contributed by atoms with van der Waals surface area (Å²) in [7, 11) is 0. The third kappa shape index (κ3) is 3.85. The van der Waals surface area contributed by atoms with Crippen LogP contribution in [-0.2, 0) is 11.3 Å². The number of benzene rings is 2. The summed E-state index contributed by atoms with van der Waals surface area (Å²) in [5.74, 6) is 2.02. The highest BCUT2D eigenvalue weighted by Gasteiger charge is 2.37. The van der Waals surface area contributed by atoms with Crippen LogP contribution < -0.4 is 16.0 Å². The van der Waals surface area contributed by atoms with Gasteiger partial charge in [-0.15, -0.1) is 11.8 Å². The van der Waals surface area contributed by atoms with Gasteiger partial charge >= 0.3 is 0 Å². The second-order valence-corrected chi connectivity index (χ2v) is 9.69. The van der Waals surface area contributed by atoms with Crippen LogP contribution in [0.4, 0.5) is 11.5 Å². The Labute approximate surface area is 185 Å². The summed E-state index contributed by atoms with van der Waals surface area (Å²) >= 11 is 8.22. The first kappa shape index (κ1) is 19.9. The zero-order valence-corrected chi connectivity index (χ0v) is 18.3. The number of pyridine rings is 1. The second kappa shape index (κ2) is 8.27. The Morgan fingerprint density at radius 2 is 2.07 bits per heavy atom. The van der Waals surface area contributed by atoms with Crippen molar-refractivity contribution in [3.05, 3.63) is 59.1 Å². The molecule has 0 radical (unpaired) electrons. The molecule has 2 aliphatic rings. The van der Waals surface area contributed by atoms with E-state index in [1.54, 1.807) is 0 Å². The fourth-order valence-corrected chi connectivity index (χ4v) is 5.18. The van der Waals surface area contributed by atoms with Gasteiger partial charge in [0.1, 0.15) is 5.82 Å². The van der Waals surface area contributed by atoms with Crippen molar-refractivity contribution in [3.8, 4) is 0 Å². The van der Waals surface area contributed by atoms with Gasteiger partial charge in [0.25, 0.3) is 0 Å². The molecule has 30 heavy (non-hydrogen) atoms. The first-order valence-electron chi connectivity index (χ1n) is 10.2. The summed E-state index contributed by atoms with van der Waals surface area (Å²) in [6.07, 6.45) is 0. The molecule has 0 amide bonds. The molecule has 0 saturated carbocycles. The van der Waals surface area contributed by atoms with Crippen LogP contribution in [0.15, 0.2) is 53.4 Å². The lowest BCUT2D eigenvalue weighted by Gasteiger charge is -2.40. The number of rotatable bonds is 5. The molecule has 0 atom stereocenters. The molecule has 156 valence electrons. The van der Waals surface area contributed by atoms with E-state index in [0.717, 1.165) is 47.8 Å². The lowest BCUT2D eigenvalue weighted by molar-refractivity contribution is -0.0979. The monoisotopic (exact) mass is 440 g/mol. The van der Waals surface area contributed by atoms with Crippen LogP contribution in [0.25, 0.3) is 10.9 Å². The van der Waals surface area contributed by atoms with E-state index >= 15 is 0 Å². The van der Waals surface area contributed by atoms with E-state index in [9.17, 15) is 0 Å². The standard InChI is InChI=1S/C23H25ClN4OS/c24-17-5-6-19-18(9-17)20(26-13-23(12-25)14-29-15-23)10-22(27-19)28-7-8-30-21-4-2-1-3-16(21)11-28/h1-6,9-10H,7-8,11-15,25H2,(H,26,27). The summed E-state index contributed by atoms with van der Waals surface area (Å²) in [4.78, 5) is 8.71. The van der Waals surface area contributed by atoms with Gasteiger partial charge in [-0.05, 0) is 29.8 Å². The summed E-state index contributed by atoms with van der Waals surface area (Å²) in [5, 5.41) is 5.37. The third-order valence-corrected chi connectivity index (χ3v) is 7.27. The van der Waals surface area contributed by atoms with Crippen molar-refractivity contribution in [2.45, 2.75) is 11.4 Å². The normalized spacial score (nSPS) is 17.9. The van der Waals surface area contributed by atoms with Gasteiger partial charge < -0.3 is 20.7 Å². The molecule has 3 heterocycles. The molecule has 0 unspecified atom stereocenters. The van der Waals surface area contributed by atoms with Crippen LogP contribution >= 0.6 is 23.4 Å². The minimum atomic E-state index is 0.00646. The first-order chi connectivity index (χ1) is 14.7. The molecule has 0 spiro atoms. The van der Waals surface area contributed by atoms with E-state index < -0.39 is 0 Å². The number of thioether (sulfide) groups is 1. The SMILES string of the molecule is NCC1(CNc2cc(N3CCSc4ccccc4C3)nc3ccc(Cl)cc23)COC1. The number of aromatic nitrogens is 1. The van der Waals surface area contributed by atoms with Crippen LogP contribution in [0.2, 0.25) is 5.02 Å². The molecular formula is C23H25ClN4OS. The molecule has 2 aromatic carbocycles. The number of ether oxygens (including phenoxy) is 1. The van der Waals surface area contributed by atoms with Crippen molar-refractivity contribution < 1.29 is 4.74 Å². The molecule has 3 aromatic rings. The van der Waals surface area contributed by atoms with Gasteiger partial charge in [0.05, 0.1) is 18.7 Å². The van der Waals surface area contributed by atoms with Gasteiger partial charge in [-0.1, -0.05) is 29.8 Å². The molecule has 1 fully saturated rings. The fourth-order valence-electron chi connectivity index (χ4n) is 3.98. The molecule has 1 saturated heterocycles. The maximum atomic E-state index is 6.30. The quantitative estimate of drug-likeness (QED) is 0.613. The van der Waals surface area contributed by atoms with Crippen molar-refractivity contribution in [1.82, 2.24) is 4.98 Å². The lowest BCUT2D eigenvalue weighted by atomic mass is 9.86. The first-order valence-corrected chi connectivity index (χ1v) is 11.6. The Kier molecular flexibility index (Phi) is 5.50. The van der Waals surface area contributed by atoms with Crippen LogP contribution in [0.1, 0.15) is 5.56 Å². The maximum Gasteiger partial charge on any atom is 0.131 e. The Morgan fingerprint density at radius 3 is 2.87 bits per heavy atom. The Hall–Kier alpha value is -1.99. The topological polar surface area (TPSA) is 63.4 Å². The molecule has 0 bridgehead atoms. The number of halogens is 1. The van der Waals surface area contributed by atoms with Gasteiger partial charge in [-0.3, -0.25) is 0 Å². The predicted octanol–water partition coefficient (Wildman–Crippen LogP) is 4.39. The number of hydrogen-bond donors (Lipinski definition) is 2. The smallest absolute Gasteiger partial charge is 0.131 e. The van der Waals surface area contributed by atoms with Gasteiger partial charge in [-0.25, -0.2) is 4.98 Å². The van der Waals surface area contributed by atoms with Gasteiger partial charge in [0, 0.05) is 64.4 Å². The highest BCUT2D eigenvalue weighted by atomic mass is 35.5.